The number of methoxy groups -OCH3 is 1. The van der Waals surface area contributed by atoms with Crippen LogP contribution in [0.2, 0.25) is 0 Å². The predicted molar refractivity (Wildman–Crippen MR) is 76.7 cm³/mol. The Labute approximate surface area is 115 Å². The molecule has 0 aliphatic rings. The van der Waals surface area contributed by atoms with Crippen LogP contribution < -0.4 is 9.47 Å². The fourth-order valence-electron chi connectivity index (χ4n) is 1.69. The van der Waals surface area contributed by atoms with Crippen LogP contribution in [-0.2, 0) is 6.54 Å². The van der Waals surface area contributed by atoms with Crippen LogP contribution in [0.1, 0.15) is 12.5 Å². The number of ether oxygens (including phenoxy) is 2. The number of rotatable bonds is 8. The normalized spacial score (nSPS) is 10.6. The summed E-state index contributed by atoms with van der Waals surface area (Å²) in [4.78, 5) is 2.05. The molecular formula is C15H23NO3. The highest BCUT2D eigenvalue weighted by Gasteiger charge is 2.07. The van der Waals surface area contributed by atoms with Gasteiger partial charge in [-0.2, -0.15) is 0 Å². The Morgan fingerprint density at radius 2 is 2.11 bits per heavy atom. The largest absolute Gasteiger partial charge is 0.493 e. The van der Waals surface area contributed by atoms with E-state index in [1.54, 1.807) is 7.11 Å². The van der Waals surface area contributed by atoms with Gasteiger partial charge in [-0.15, -0.1) is 0 Å². The molecule has 0 fully saturated rings. The maximum Gasteiger partial charge on any atom is 0.161 e. The third kappa shape index (κ3) is 5.32. The molecule has 0 saturated carbocycles. The van der Waals surface area contributed by atoms with Crippen molar-refractivity contribution >= 4 is 0 Å². The summed E-state index contributed by atoms with van der Waals surface area (Å²) in [6.07, 6.45) is 0. The molecule has 0 unspecified atom stereocenters. The summed E-state index contributed by atoms with van der Waals surface area (Å²) < 4.78 is 11.0. The lowest BCUT2D eigenvalue weighted by atomic mass is 10.2. The Bertz CT molecular complexity index is 418. The van der Waals surface area contributed by atoms with Crippen molar-refractivity contribution in [1.29, 1.82) is 0 Å². The molecule has 0 aliphatic carbocycles. The van der Waals surface area contributed by atoms with E-state index in [0.29, 0.717) is 13.2 Å². The van der Waals surface area contributed by atoms with Crippen LogP contribution in [0.15, 0.2) is 30.4 Å². The average molecular weight is 265 g/mol. The highest BCUT2D eigenvalue weighted by molar-refractivity contribution is 5.43. The van der Waals surface area contributed by atoms with Crippen molar-refractivity contribution in [2.45, 2.75) is 13.5 Å². The van der Waals surface area contributed by atoms with Crippen molar-refractivity contribution in [3.63, 3.8) is 0 Å². The third-order valence-electron chi connectivity index (χ3n) is 2.64. The molecule has 0 amide bonds. The summed E-state index contributed by atoms with van der Waals surface area (Å²) in [6, 6.07) is 5.87. The summed E-state index contributed by atoms with van der Waals surface area (Å²) in [6.45, 7) is 7.78. The van der Waals surface area contributed by atoms with Gasteiger partial charge in [0.05, 0.1) is 13.7 Å². The lowest BCUT2D eigenvalue weighted by molar-refractivity contribution is 0.217. The lowest BCUT2D eigenvalue weighted by Gasteiger charge is -2.17. The summed E-state index contributed by atoms with van der Waals surface area (Å²) in [7, 11) is 3.59. The van der Waals surface area contributed by atoms with E-state index in [9.17, 15) is 0 Å². The molecule has 1 aromatic carbocycles. The van der Waals surface area contributed by atoms with Gasteiger partial charge in [-0.3, -0.25) is 4.90 Å². The van der Waals surface area contributed by atoms with Gasteiger partial charge in [0.1, 0.15) is 6.61 Å². The summed E-state index contributed by atoms with van der Waals surface area (Å²) in [5.41, 5.74) is 2.08. The summed E-state index contributed by atoms with van der Waals surface area (Å²) >= 11 is 0. The Balaban J connectivity index is 2.78. The van der Waals surface area contributed by atoms with Gasteiger partial charge in [0.2, 0.25) is 0 Å². The topological polar surface area (TPSA) is 41.9 Å². The van der Waals surface area contributed by atoms with Crippen LogP contribution in [0.4, 0.5) is 0 Å². The van der Waals surface area contributed by atoms with Gasteiger partial charge in [0, 0.05) is 13.1 Å². The zero-order valence-corrected chi connectivity index (χ0v) is 12.0. The molecule has 0 saturated heterocycles. The quantitative estimate of drug-likeness (QED) is 0.731. The van der Waals surface area contributed by atoms with Gasteiger partial charge >= 0.3 is 0 Å². The fourth-order valence-corrected chi connectivity index (χ4v) is 1.69. The summed E-state index contributed by atoms with van der Waals surface area (Å²) in [5, 5.41) is 8.90. The molecule has 0 atom stereocenters. The van der Waals surface area contributed by atoms with Crippen molar-refractivity contribution in [3.8, 4) is 11.5 Å². The number of aliphatic hydroxyl groups excluding tert-OH is 1. The van der Waals surface area contributed by atoms with Crippen LogP contribution >= 0.6 is 0 Å². The van der Waals surface area contributed by atoms with Crippen molar-refractivity contribution in [1.82, 2.24) is 4.90 Å². The fraction of sp³-hybridized carbons (Fsp3) is 0.467. The van der Waals surface area contributed by atoms with Gasteiger partial charge in [0.25, 0.3) is 0 Å². The lowest BCUT2D eigenvalue weighted by Crippen LogP contribution is -2.21. The SMILES string of the molecule is C=C(C)COc1cc(CN(C)CCO)ccc1OC. The minimum atomic E-state index is 0.158. The first-order chi connectivity index (χ1) is 9.06. The maximum atomic E-state index is 8.90. The highest BCUT2D eigenvalue weighted by Crippen LogP contribution is 2.28. The second-order valence-corrected chi connectivity index (χ2v) is 4.69. The number of nitrogens with zero attached hydrogens (tertiary/aromatic N) is 1. The molecule has 0 bridgehead atoms. The number of aliphatic hydroxyl groups is 1. The van der Waals surface area contributed by atoms with E-state index in [4.69, 9.17) is 14.6 Å². The van der Waals surface area contributed by atoms with Gasteiger partial charge in [-0.05, 0) is 37.2 Å². The van der Waals surface area contributed by atoms with Crippen LogP contribution in [0.25, 0.3) is 0 Å². The molecule has 0 heterocycles. The number of benzene rings is 1. The monoisotopic (exact) mass is 265 g/mol. The van der Waals surface area contributed by atoms with E-state index in [0.717, 1.165) is 29.2 Å². The molecule has 0 aliphatic heterocycles. The number of likely N-dealkylation sites (N-methyl/N-ethyl adjacent to an activating group) is 1. The molecule has 4 heteroatoms. The average Bonchev–Trinajstić information content (AvgIpc) is 2.36. The second-order valence-electron chi connectivity index (χ2n) is 4.69. The van der Waals surface area contributed by atoms with Gasteiger partial charge in [-0.25, -0.2) is 0 Å². The maximum absolute atomic E-state index is 8.90. The van der Waals surface area contributed by atoms with Gasteiger partial charge < -0.3 is 14.6 Å². The molecule has 1 rings (SSSR count). The zero-order valence-electron chi connectivity index (χ0n) is 12.0. The second kappa shape index (κ2) is 7.81. The third-order valence-corrected chi connectivity index (χ3v) is 2.64. The number of hydrogen-bond donors (Lipinski definition) is 1. The van der Waals surface area contributed by atoms with Crippen molar-refractivity contribution in [3.05, 3.63) is 35.9 Å². The van der Waals surface area contributed by atoms with E-state index in [1.165, 1.54) is 0 Å². The molecule has 0 spiro atoms. The molecule has 4 nitrogen and oxygen atoms in total. The van der Waals surface area contributed by atoms with Gasteiger partial charge in [0.15, 0.2) is 11.5 Å². The minimum Gasteiger partial charge on any atom is -0.493 e. The van der Waals surface area contributed by atoms with Crippen LogP contribution in [0, 0.1) is 0 Å². The van der Waals surface area contributed by atoms with Crippen LogP contribution in [-0.4, -0.2) is 43.9 Å². The Kier molecular flexibility index (Phi) is 6.39. The first-order valence-electron chi connectivity index (χ1n) is 6.30. The molecule has 0 radical (unpaired) electrons. The van der Waals surface area contributed by atoms with E-state index in [2.05, 4.69) is 6.58 Å². The molecular weight excluding hydrogens is 242 g/mol. The molecule has 1 N–H and O–H groups in total. The van der Waals surface area contributed by atoms with Gasteiger partial charge in [-0.1, -0.05) is 12.6 Å². The van der Waals surface area contributed by atoms with Crippen LogP contribution in [0.3, 0.4) is 0 Å². The Hall–Kier alpha value is -1.52. The number of hydrogen-bond acceptors (Lipinski definition) is 4. The predicted octanol–water partition coefficient (Wildman–Crippen LogP) is 2.07. The Morgan fingerprint density at radius 1 is 1.37 bits per heavy atom. The standard InChI is InChI=1S/C15H23NO3/c1-12(2)11-19-15-9-13(5-6-14(15)18-4)10-16(3)7-8-17/h5-6,9,17H,1,7-8,10-11H2,2-4H3. The van der Waals surface area contributed by atoms with Crippen LogP contribution in [0.5, 0.6) is 11.5 Å². The Morgan fingerprint density at radius 3 is 2.68 bits per heavy atom. The summed E-state index contributed by atoms with van der Waals surface area (Å²) in [5.74, 6) is 1.44. The van der Waals surface area contributed by atoms with Crippen molar-refractivity contribution in [2.24, 2.45) is 0 Å². The smallest absolute Gasteiger partial charge is 0.161 e. The first kappa shape index (κ1) is 15.5. The van der Waals surface area contributed by atoms with Crippen molar-refractivity contribution < 1.29 is 14.6 Å². The molecule has 1 aromatic rings. The minimum absolute atomic E-state index is 0.158. The van der Waals surface area contributed by atoms with E-state index >= 15 is 0 Å². The molecule has 0 aromatic heterocycles. The highest BCUT2D eigenvalue weighted by atomic mass is 16.5. The first-order valence-corrected chi connectivity index (χ1v) is 6.30. The molecule has 19 heavy (non-hydrogen) atoms. The van der Waals surface area contributed by atoms with Crippen molar-refractivity contribution in [2.75, 3.05) is 33.9 Å². The van der Waals surface area contributed by atoms with E-state index in [-0.39, 0.29) is 6.61 Å². The van der Waals surface area contributed by atoms with E-state index < -0.39 is 0 Å². The van der Waals surface area contributed by atoms with E-state index in [1.807, 2.05) is 37.1 Å². The zero-order chi connectivity index (χ0) is 14.3. The molecule has 106 valence electrons.